The smallest absolute Gasteiger partial charge is 0.456 e. The maximum atomic E-state index is 14.4. The molecule has 34 nitrogen and oxygen atoms in total. The summed E-state index contributed by atoms with van der Waals surface area (Å²) in [5, 5.41) is 13.7. The Morgan fingerprint density at radius 2 is 0.860 bits per heavy atom. The third kappa shape index (κ3) is 17.3. The molecule has 2 aromatic carbocycles. The first-order chi connectivity index (χ1) is 47.5. The van der Waals surface area contributed by atoms with E-state index in [1.54, 1.807) is 116 Å². The first-order valence-corrected chi connectivity index (χ1v) is 34.8. The van der Waals surface area contributed by atoms with Gasteiger partial charge in [0, 0.05) is 0 Å². The highest BCUT2D eigenvalue weighted by Crippen LogP contribution is 2.53. The molecule has 12 atom stereocenters. The number of aromatic nitrogens is 6. The van der Waals surface area contributed by atoms with Gasteiger partial charge in [-0.15, -0.1) is 0 Å². The molecule has 4 saturated heterocycles. The van der Waals surface area contributed by atoms with E-state index in [-0.39, 0.29) is 61.0 Å². The van der Waals surface area contributed by atoms with Crippen LogP contribution in [0.2, 0.25) is 0 Å². The normalized spacial score (nSPS) is 23.8. The number of anilines is 2. The predicted molar refractivity (Wildman–Crippen MR) is 348 cm³/mol. The summed E-state index contributed by atoms with van der Waals surface area (Å²) in [5.41, 5.74) is 8.93. The number of fused-ring (bicyclic) bond motifs is 2. The van der Waals surface area contributed by atoms with E-state index in [1.165, 1.54) is 59.8 Å². The Balaban J connectivity index is 0.000000233. The van der Waals surface area contributed by atoms with Crippen molar-refractivity contribution in [2.24, 2.45) is 23.7 Å². The van der Waals surface area contributed by atoms with Crippen molar-refractivity contribution in [1.82, 2.24) is 39.4 Å². The summed E-state index contributed by atoms with van der Waals surface area (Å²) in [4.78, 5) is 93.6. The van der Waals surface area contributed by atoms with Crippen LogP contribution in [-0.4, -0.2) is 165 Å². The second-order valence-corrected chi connectivity index (χ2v) is 28.2. The number of nitrogens with two attached hydrogens (primary N) is 2. The van der Waals surface area contributed by atoms with Crippen LogP contribution in [0, 0.1) is 36.8 Å². The third-order valence-corrected chi connectivity index (χ3v) is 18.9. The molecule has 10 rings (SSSR count). The van der Waals surface area contributed by atoms with E-state index < -0.39 is 161 Å². The van der Waals surface area contributed by atoms with Crippen LogP contribution < -0.4 is 30.7 Å². The van der Waals surface area contributed by atoms with Gasteiger partial charge in [-0.25, -0.2) is 41.3 Å². The van der Waals surface area contributed by atoms with Gasteiger partial charge in [-0.1, -0.05) is 91.8 Å². The summed E-state index contributed by atoms with van der Waals surface area (Å²) in [6.45, 7) is 31.5. The molecule has 4 fully saturated rings. The average Bonchev–Trinajstić information content (AvgIpc) is 1.59. The molecular formula is C64H78N12O22P2. The number of nitrogens with one attached hydrogen (secondary N) is 2. The Morgan fingerprint density at radius 3 is 1.17 bits per heavy atom. The summed E-state index contributed by atoms with van der Waals surface area (Å²) in [6.07, 6.45) is -7.10. The van der Waals surface area contributed by atoms with Crippen LogP contribution in [0.3, 0.4) is 0 Å². The molecule has 6 aromatic rings. The van der Waals surface area contributed by atoms with E-state index >= 15 is 0 Å². The van der Waals surface area contributed by atoms with Crippen LogP contribution >= 0.6 is 15.5 Å². The standard InChI is InChI=1S/2C32H39N6O11P/c2*1-18(2)29(39)46-26-25(23-12-13-24-28(33)35-17-36-38(23)24)48-32(34-6,27(26)47-30(40)19(3)4)16-44-50(42,49-21-10-8-7-9-11-21)37-20(5)31(41)45-22-14-43-15-22/h2*7-13,17-20,22,25-27H,14-16H2,1-5H3,(H,37,42)(H2,33,35,36)/t20-,25-,26-,27-,32+,50+;20-,25-,26-,27-,32+,50-/m00/s1. The van der Waals surface area contributed by atoms with Crippen LogP contribution in [0.25, 0.3) is 20.7 Å². The molecule has 0 unspecified atom stereocenters. The Morgan fingerprint density at radius 1 is 0.520 bits per heavy atom. The molecule has 4 aliphatic heterocycles. The molecule has 0 bridgehead atoms. The zero-order chi connectivity index (χ0) is 72.4. The number of nitrogen functional groups attached to an aromatic ring is 2. The molecule has 8 heterocycles. The number of benzene rings is 2. The first-order valence-electron chi connectivity index (χ1n) is 31.7. The van der Waals surface area contributed by atoms with Crippen LogP contribution in [0.1, 0.15) is 92.8 Å². The lowest BCUT2D eigenvalue weighted by Crippen LogP contribution is -2.49. The number of hydrogen-bond acceptors (Lipinski definition) is 28. The van der Waals surface area contributed by atoms with E-state index in [0.29, 0.717) is 11.0 Å². The van der Waals surface area contributed by atoms with Gasteiger partial charge in [0.1, 0.15) is 71.7 Å². The van der Waals surface area contributed by atoms with Gasteiger partial charge in [0.2, 0.25) is 12.2 Å². The van der Waals surface area contributed by atoms with Gasteiger partial charge < -0.3 is 58.4 Å². The molecule has 6 N–H and O–H groups in total. The average molecular weight is 1430 g/mol. The van der Waals surface area contributed by atoms with Crippen molar-refractivity contribution in [3.05, 3.63) is 132 Å². The van der Waals surface area contributed by atoms with E-state index in [9.17, 15) is 37.9 Å². The fourth-order valence-corrected chi connectivity index (χ4v) is 13.0. The summed E-state index contributed by atoms with van der Waals surface area (Å²) in [6, 6.07) is 20.0. The van der Waals surface area contributed by atoms with Gasteiger partial charge >= 0.3 is 62.8 Å². The van der Waals surface area contributed by atoms with Crippen molar-refractivity contribution >= 4 is 74.0 Å². The van der Waals surface area contributed by atoms with Crippen LogP contribution in [0.15, 0.2) is 97.6 Å². The minimum atomic E-state index is -4.56. The fraction of sp³-hybridized carbons (Fsp3) is 0.500. The molecule has 4 aromatic heterocycles. The van der Waals surface area contributed by atoms with Crippen LogP contribution in [0.5, 0.6) is 11.5 Å². The molecule has 0 radical (unpaired) electrons. The van der Waals surface area contributed by atoms with E-state index in [2.05, 4.69) is 40.0 Å². The summed E-state index contributed by atoms with van der Waals surface area (Å²) in [5.74, 6) is -6.35. The number of esters is 6. The van der Waals surface area contributed by atoms with Crippen LogP contribution in [0.4, 0.5) is 11.6 Å². The summed E-state index contributed by atoms with van der Waals surface area (Å²) in [7, 11) is -9.12. The number of nitrogens with zero attached hydrogens (tertiary/aromatic N) is 8. The van der Waals surface area contributed by atoms with Crippen molar-refractivity contribution in [1.29, 1.82) is 0 Å². The second-order valence-electron chi connectivity index (χ2n) is 24.8. The van der Waals surface area contributed by atoms with Crippen molar-refractivity contribution in [2.45, 2.75) is 142 Å². The number of rotatable bonds is 28. The van der Waals surface area contributed by atoms with E-state index in [4.69, 9.17) is 90.1 Å². The van der Waals surface area contributed by atoms with Gasteiger partial charge in [-0.3, -0.25) is 57.0 Å². The van der Waals surface area contributed by atoms with Crippen molar-refractivity contribution in [3.8, 4) is 11.5 Å². The minimum Gasteiger partial charge on any atom is -0.456 e. The highest BCUT2D eigenvalue weighted by Gasteiger charge is 2.69. The monoisotopic (exact) mass is 1430 g/mol. The number of carbonyl (C=O) groups excluding carboxylic acids is 6. The minimum absolute atomic E-state index is 0.113. The lowest BCUT2D eigenvalue weighted by Gasteiger charge is -2.29. The predicted octanol–water partition coefficient (Wildman–Crippen LogP) is 6.52. The largest absolute Gasteiger partial charge is 0.459 e. The van der Waals surface area contributed by atoms with E-state index in [0.717, 1.165) is 0 Å². The number of hydrogen-bond donors (Lipinski definition) is 4. The summed E-state index contributed by atoms with van der Waals surface area (Å²) >= 11 is 0. The lowest BCUT2D eigenvalue weighted by atomic mass is 10.0. The molecule has 0 aliphatic carbocycles. The SMILES string of the molecule is [C-]#[N+][C@]1(CO[P@@](=O)(N[C@@H](C)C(=O)OC2COC2)Oc2ccccc2)O[C@@H](c2ccc3c(N)ncnn23)[C@H](OC(=O)C(C)C)[C@@H]1OC(=O)C(C)C.[C-]#[N+][C@]1(CO[P@](=O)(N[C@@H](C)C(=O)OC2COC2)Oc2ccccc2)O[C@@H](c2ccc3c(N)ncnn23)[C@H](OC(=O)C(C)C)[C@@H]1OC(=O)C(C)C. The fourth-order valence-electron chi connectivity index (χ4n) is 9.93. The molecule has 100 heavy (non-hydrogen) atoms. The first kappa shape index (κ1) is 75.0. The molecule has 36 heteroatoms. The zero-order valence-electron chi connectivity index (χ0n) is 56.2. The second kappa shape index (κ2) is 32.0. The zero-order valence-corrected chi connectivity index (χ0v) is 58.0. The van der Waals surface area contributed by atoms with Crippen LogP contribution in [-0.2, 0) is 94.3 Å². The summed E-state index contributed by atoms with van der Waals surface area (Å²) < 4.78 is 112. The Bertz CT molecular complexity index is 3850. The van der Waals surface area contributed by atoms with Gasteiger partial charge in [0.05, 0.1) is 61.5 Å². The molecule has 536 valence electrons. The topological polar surface area (TPSA) is 411 Å². The van der Waals surface area contributed by atoms with Gasteiger partial charge in [0.25, 0.3) is 0 Å². The van der Waals surface area contributed by atoms with Crippen molar-refractivity contribution in [2.75, 3.05) is 51.1 Å². The number of para-hydroxylation sites is 2. The number of carbonyl (C=O) groups is 6. The Kier molecular flexibility index (Phi) is 24.0. The maximum absolute atomic E-state index is 14.4. The van der Waals surface area contributed by atoms with E-state index in [1.807, 2.05) is 0 Å². The molecule has 0 amide bonds. The highest BCUT2D eigenvalue weighted by atomic mass is 31.2. The Labute approximate surface area is 574 Å². The third-order valence-electron chi connectivity index (χ3n) is 15.6. The highest BCUT2D eigenvalue weighted by molar-refractivity contribution is 7.52. The van der Waals surface area contributed by atoms with Crippen molar-refractivity contribution in [3.63, 3.8) is 0 Å². The maximum Gasteiger partial charge on any atom is 0.459 e. The molecular weight excluding hydrogens is 1350 g/mol. The Hall–Kier alpha value is -9.18. The van der Waals surface area contributed by atoms with Gasteiger partial charge in [0.15, 0.2) is 37.1 Å². The number of ether oxygens (including phenoxy) is 10. The molecule has 0 saturated carbocycles. The quantitative estimate of drug-likeness (QED) is 0.0176. The van der Waals surface area contributed by atoms with Gasteiger partial charge in [-0.05, 0) is 62.4 Å². The molecule has 4 aliphatic rings. The lowest BCUT2D eigenvalue weighted by molar-refractivity contribution is -0.174. The molecule has 0 spiro atoms. The van der Waals surface area contributed by atoms with Gasteiger partial charge in [-0.2, -0.15) is 20.4 Å². The van der Waals surface area contributed by atoms with Crippen molar-refractivity contribution < 1.29 is 103 Å².